The summed E-state index contributed by atoms with van der Waals surface area (Å²) in [6.45, 7) is 6.12. The third kappa shape index (κ3) is 28.8. The van der Waals surface area contributed by atoms with Gasteiger partial charge in [0.1, 0.15) is 84.3 Å². The van der Waals surface area contributed by atoms with E-state index in [4.69, 9.17) is 5.73 Å². The molecule has 5 aromatic carbocycles. The van der Waals surface area contributed by atoms with Crippen LogP contribution in [0, 0.1) is 23.5 Å². The number of halogens is 2. The highest BCUT2D eigenvalue weighted by atomic mass is 32.2. The zero-order chi connectivity index (χ0) is 97.4. The smallest absolute Gasteiger partial charge is 0.305 e. The van der Waals surface area contributed by atoms with Gasteiger partial charge >= 0.3 is 11.9 Å². The number of aromatic hydroxyl groups is 1. The van der Waals surface area contributed by atoms with Crippen molar-refractivity contribution in [3.05, 3.63) is 173 Å². The largest absolute Gasteiger partial charge is 0.508 e. The standard InChI is InChI=1S/C92H116F2N16O22S/c1-9-10-25-70-91(131)110-46-58(113)40-73(110)87(127)102-66(41-77(116)117)84(124)105-79(50(4)5)92(132)107(7)71(36-51-19-13-11-14-20-51)85(125)103-68(42-78(118)119)89(129)109-45-57(112)39-72(109)86(126)101-65(38-55-43-96-62-24-18-17-23-59(55)62)83(123)100-64(34-53-26-29-56(111)30-27-53)82(122)99-63(32-49(2)3)81(121)104-69(80(120)97-44-75(95)114)47-133-48-76(115)98-67(35-54-28-31-60(93)61(94)33-54)88(128)108(8)74(90(130)106(70)6)37-52-21-15-12-16-22-52/h11-24,26-31,33,43,49-50,57-58,63-74,79,96,111-113H,9-10,25,32,34-42,44-48H2,1-8H3,(H2,95,114)(H,97,120)(H,98,115)(H,99,122)(H,100,123)(H,101,126)(H,102,127)(H,103,125)(H,104,121)(H,105,124)(H,116,117)(H,118,119)/t57-,58-,63-,64+,65+,66+,67-,68+,69+,70+,71-,72-,73-,74+,79+/m1/s1. The third-order valence-corrected chi connectivity index (χ3v) is 24.4. The van der Waals surface area contributed by atoms with Gasteiger partial charge in [-0.2, -0.15) is 0 Å². The molecule has 1 aromatic heterocycles. The van der Waals surface area contributed by atoms with Gasteiger partial charge in [-0.05, 0) is 82.8 Å². The lowest BCUT2D eigenvalue weighted by atomic mass is 9.98. The SMILES string of the molecule is CCCC[C@H]1C(=O)N2C[C@H](O)C[C@@H]2C(=O)N[C@@H](CC(=O)O)C(=O)N[C@@H](C(C)C)C(=O)N(C)[C@H](Cc2ccccc2)C(=O)N[C@@H](CC(=O)O)C(=O)N2C[C@H](O)C[C@@H]2C(=O)N[C@@H](Cc2c[nH]c3ccccc23)C(=O)N[C@@H](Cc2ccc(O)cc2)C(=O)N[C@H](CC(C)C)C(=O)N[C@H](C(=O)NCC(N)=O)CSCC(=O)N[C@H](Cc2ccc(F)c(F)c2)C(=O)N(C)[C@@H](Cc2ccccc2)C(=O)N1C. The normalized spacial score (nSPS) is 24.7. The van der Waals surface area contributed by atoms with Crippen LogP contribution in [-0.2, 0) is 114 Å². The van der Waals surface area contributed by atoms with Gasteiger partial charge in [-0.25, -0.2) is 8.78 Å². The van der Waals surface area contributed by atoms with E-state index in [2.05, 4.69) is 52.8 Å². The first-order chi connectivity index (χ1) is 63.1. The van der Waals surface area contributed by atoms with E-state index in [0.717, 1.165) is 49.7 Å². The number of carbonyl (C=O) groups is 17. The molecule has 716 valence electrons. The molecule has 41 heteroatoms. The molecule has 17 N–H and O–H groups in total. The van der Waals surface area contributed by atoms with E-state index < -0.39 is 284 Å². The molecule has 0 aliphatic carbocycles. The topological polar surface area (TPSA) is 558 Å². The molecule has 15 amide bonds. The number of phenols is 1. The predicted octanol–water partition coefficient (Wildman–Crippen LogP) is 0.138. The number of primary amides is 1. The number of amides is 15. The first kappa shape index (κ1) is 103. The van der Waals surface area contributed by atoms with Crippen molar-refractivity contribution in [3.63, 3.8) is 0 Å². The number of benzene rings is 5. The summed E-state index contributed by atoms with van der Waals surface area (Å²) in [5.41, 5.74) is 7.57. The summed E-state index contributed by atoms with van der Waals surface area (Å²) >= 11 is 0.694. The molecule has 3 saturated heterocycles. The summed E-state index contributed by atoms with van der Waals surface area (Å²) in [5, 5.41) is 77.5. The molecule has 0 spiro atoms. The molecular formula is C92H116F2N16O22S. The minimum Gasteiger partial charge on any atom is -0.508 e. The number of thioether (sulfide) groups is 1. The number of aliphatic hydroxyl groups excluding tert-OH is 2. The number of nitrogens with one attached hydrogen (secondary N) is 10. The van der Waals surface area contributed by atoms with E-state index in [1.54, 1.807) is 112 Å². The Kier molecular flexibility index (Phi) is 37.4. The Morgan fingerprint density at radius 2 is 1.00 bits per heavy atom. The second kappa shape index (κ2) is 48.1. The highest BCUT2D eigenvalue weighted by molar-refractivity contribution is 8.00. The van der Waals surface area contributed by atoms with Crippen molar-refractivity contribution in [1.82, 2.24) is 77.3 Å². The average Bonchev–Trinajstić information content (AvgIpc) is 1.76. The van der Waals surface area contributed by atoms with Crippen LogP contribution >= 0.6 is 11.8 Å². The van der Waals surface area contributed by atoms with E-state index in [0.29, 0.717) is 51.3 Å². The first-order valence-electron chi connectivity index (χ1n) is 43.7. The number of carboxylic acid groups (broad SMARTS) is 2. The Morgan fingerprint density at radius 1 is 0.504 bits per heavy atom. The van der Waals surface area contributed by atoms with Gasteiger partial charge in [0.05, 0.1) is 37.3 Å². The van der Waals surface area contributed by atoms with E-state index >= 15 is 47.5 Å². The van der Waals surface area contributed by atoms with Crippen LogP contribution in [0.1, 0.15) is 114 Å². The average molecular weight is 1870 g/mol. The molecule has 3 aliphatic heterocycles. The predicted molar refractivity (Wildman–Crippen MR) is 479 cm³/mol. The summed E-state index contributed by atoms with van der Waals surface area (Å²) in [4.78, 5) is 258. The number of aromatic nitrogens is 1. The van der Waals surface area contributed by atoms with Crippen molar-refractivity contribution in [1.29, 1.82) is 0 Å². The highest BCUT2D eigenvalue weighted by Crippen LogP contribution is 2.29. The van der Waals surface area contributed by atoms with Crippen molar-refractivity contribution in [2.45, 2.75) is 209 Å². The molecule has 0 bridgehead atoms. The van der Waals surface area contributed by atoms with Gasteiger partial charge in [-0.15, -0.1) is 11.8 Å². The van der Waals surface area contributed by atoms with Gasteiger partial charge in [0.2, 0.25) is 88.6 Å². The number of carboxylic acids is 2. The first-order valence-corrected chi connectivity index (χ1v) is 44.9. The maximum atomic E-state index is 15.7. The van der Waals surface area contributed by atoms with Gasteiger partial charge in [0.15, 0.2) is 11.6 Å². The number of hydrogen-bond donors (Lipinski definition) is 16. The van der Waals surface area contributed by atoms with Crippen LogP contribution in [-0.4, -0.2) is 299 Å². The lowest BCUT2D eigenvalue weighted by molar-refractivity contribution is -0.152. The summed E-state index contributed by atoms with van der Waals surface area (Å²) in [7, 11) is 3.63. The fourth-order valence-corrected chi connectivity index (χ4v) is 17.1. The minimum atomic E-state index is -2.10. The number of aromatic amines is 1. The number of H-pyrrole nitrogens is 1. The lowest BCUT2D eigenvalue weighted by Crippen LogP contribution is -2.62. The van der Waals surface area contributed by atoms with Crippen LogP contribution in [0.15, 0.2) is 134 Å². The van der Waals surface area contributed by atoms with Crippen LogP contribution in [0.25, 0.3) is 10.9 Å². The maximum Gasteiger partial charge on any atom is 0.305 e. The molecule has 0 unspecified atom stereocenters. The van der Waals surface area contributed by atoms with E-state index in [9.17, 15) is 68.3 Å². The molecule has 15 atom stereocenters. The Balaban J connectivity index is 1.14. The van der Waals surface area contributed by atoms with Crippen molar-refractivity contribution >= 4 is 123 Å². The molecule has 3 aliphatic rings. The molecule has 0 radical (unpaired) electrons. The minimum absolute atomic E-state index is 0.0359. The molecule has 38 nitrogen and oxygen atoms in total. The van der Waals surface area contributed by atoms with Crippen molar-refractivity contribution in [2.24, 2.45) is 17.6 Å². The van der Waals surface area contributed by atoms with Crippen molar-refractivity contribution in [3.8, 4) is 5.75 Å². The van der Waals surface area contributed by atoms with Gasteiger partial charge in [0.25, 0.3) is 0 Å². The van der Waals surface area contributed by atoms with Gasteiger partial charge in [0, 0.05) is 102 Å². The van der Waals surface area contributed by atoms with Crippen molar-refractivity contribution in [2.75, 3.05) is 52.3 Å². The second-order valence-corrected chi connectivity index (χ2v) is 35.4. The Labute approximate surface area is 770 Å². The van der Waals surface area contributed by atoms with Crippen LogP contribution < -0.4 is 53.6 Å². The molecule has 0 saturated carbocycles. The Hall–Kier alpha value is -13.4. The summed E-state index contributed by atoms with van der Waals surface area (Å²) in [6.07, 6.45) is -6.45. The number of likely N-dealkylation sites (N-methyl/N-ethyl adjacent to an activating group) is 3. The molecule has 9 rings (SSSR count). The van der Waals surface area contributed by atoms with Crippen LogP contribution in [0.2, 0.25) is 0 Å². The number of fused-ring (bicyclic) bond motifs is 3. The van der Waals surface area contributed by atoms with E-state index in [1.165, 1.54) is 52.2 Å². The fourth-order valence-electron chi connectivity index (χ4n) is 16.3. The Bertz CT molecular complexity index is 5210. The molecular weight excluding hydrogens is 1750 g/mol. The number of carbonyl (C=O) groups excluding carboxylic acids is 15. The number of nitrogens with zero attached hydrogens (tertiary/aromatic N) is 5. The van der Waals surface area contributed by atoms with Crippen LogP contribution in [0.3, 0.4) is 0 Å². The van der Waals surface area contributed by atoms with Gasteiger partial charge in [-0.3, -0.25) is 81.5 Å². The number of phenolic OH excluding ortho intramolecular Hbond substituents is 1. The number of aliphatic hydroxyl groups is 2. The molecule has 3 fully saturated rings. The lowest BCUT2D eigenvalue weighted by Gasteiger charge is -2.38. The highest BCUT2D eigenvalue weighted by Gasteiger charge is 2.49. The van der Waals surface area contributed by atoms with Crippen molar-refractivity contribution < 1.29 is 116 Å². The summed E-state index contributed by atoms with van der Waals surface area (Å²) in [6, 6.07) is 8.59. The molecule has 4 heterocycles. The monoisotopic (exact) mass is 1870 g/mol. The number of aliphatic carboxylic acids is 2. The fraction of sp³-hybridized carbons (Fsp3) is 0.467. The Morgan fingerprint density at radius 3 is 1.58 bits per heavy atom. The zero-order valence-electron chi connectivity index (χ0n) is 74.9. The second-order valence-electron chi connectivity index (χ2n) is 34.3. The van der Waals surface area contributed by atoms with E-state index in [1.807, 2.05) is 0 Å². The van der Waals surface area contributed by atoms with Gasteiger partial charge in [-0.1, -0.05) is 145 Å². The maximum absolute atomic E-state index is 15.7. The number of para-hydroxylation sites is 1. The van der Waals surface area contributed by atoms with Crippen LogP contribution in [0.5, 0.6) is 5.75 Å². The van der Waals surface area contributed by atoms with Crippen LogP contribution in [0.4, 0.5) is 8.78 Å². The third-order valence-electron chi connectivity index (χ3n) is 23.4. The number of rotatable bonds is 23. The molecule has 133 heavy (non-hydrogen) atoms. The zero-order valence-corrected chi connectivity index (χ0v) is 75.7. The van der Waals surface area contributed by atoms with Gasteiger partial charge < -0.3 is 109 Å². The number of nitrogens with two attached hydrogens (primary N) is 1. The van der Waals surface area contributed by atoms with E-state index in [-0.39, 0.29) is 49.8 Å². The summed E-state index contributed by atoms with van der Waals surface area (Å²) in [5.74, 6) is -24.7. The number of unbranched alkanes of at least 4 members (excludes halogenated alkanes) is 1. The quantitative estimate of drug-likeness (QED) is 0.0406. The number of hydrogen-bond acceptors (Lipinski definition) is 21. The summed E-state index contributed by atoms with van der Waals surface area (Å²) < 4.78 is 29.8. The molecule has 6 aromatic rings.